The van der Waals surface area contributed by atoms with E-state index in [0.29, 0.717) is 6.61 Å². The van der Waals surface area contributed by atoms with Crippen molar-refractivity contribution in [1.29, 1.82) is 0 Å². The number of benzene rings is 1. The maximum absolute atomic E-state index is 5.82. The molecule has 1 saturated heterocycles. The van der Waals surface area contributed by atoms with Crippen molar-refractivity contribution in [2.75, 3.05) is 40.0 Å². The van der Waals surface area contributed by atoms with Crippen LogP contribution in [0.4, 0.5) is 0 Å². The molecular weight excluding hydrogens is 278 g/mol. The number of ether oxygens (including phenoxy) is 3. The highest BCUT2D eigenvalue weighted by molar-refractivity contribution is 5.31. The molecule has 0 bridgehead atoms. The zero-order valence-corrected chi connectivity index (χ0v) is 13.9. The average Bonchev–Trinajstić information content (AvgIpc) is 2.54. The van der Waals surface area contributed by atoms with E-state index in [9.17, 15) is 0 Å². The predicted molar refractivity (Wildman–Crippen MR) is 88.3 cm³/mol. The number of hydrogen-bond acceptors (Lipinski definition) is 4. The van der Waals surface area contributed by atoms with Crippen LogP contribution >= 0.6 is 0 Å². The minimum Gasteiger partial charge on any atom is -0.492 e. The first-order chi connectivity index (χ1) is 10.8. The molecule has 2 rings (SSSR count). The average molecular weight is 307 g/mol. The summed E-state index contributed by atoms with van der Waals surface area (Å²) in [4.78, 5) is 2.28. The summed E-state index contributed by atoms with van der Waals surface area (Å²) >= 11 is 0. The molecule has 0 radical (unpaired) electrons. The lowest BCUT2D eigenvalue weighted by Crippen LogP contribution is -2.27. The molecule has 0 unspecified atom stereocenters. The van der Waals surface area contributed by atoms with Crippen LogP contribution in [-0.2, 0) is 9.47 Å². The van der Waals surface area contributed by atoms with Gasteiger partial charge < -0.3 is 19.1 Å². The Kier molecular flexibility index (Phi) is 7.71. The highest BCUT2D eigenvalue weighted by Gasteiger charge is 2.13. The van der Waals surface area contributed by atoms with Crippen molar-refractivity contribution >= 4 is 0 Å². The Morgan fingerprint density at radius 1 is 1.18 bits per heavy atom. The van der Waals surface area contributed by atoms with Crippen molar-refractivity contribution in [2.45, 2.75) is 38.9 Å². The van der Waals surface area contributed by atoms with E-state index in [1.54, 1.807) is 0 Å². The monoisotopic (exact) mass is 307 g/mol. The van der Waals surface area contributed by atoms with Crippen molar-refractivity contribution in [1.82, 2.24) is 4.90 Å². The Balaban J connectivity index is 1.50. The Bertz CT molecular complexity index is 419. The first kappa shape index (κ1) is 17.3. The second-order valence-electron chi connectivity index (χ2n) is 5.94. The Morgan fingerprint density at radius 3 is 2.82 bits per heavy atom. The molecule has 1 aromatic carbocycles. The summed E-state index contributed by atoms with van der Waals surface area (Å²) in [5.74, 6) is 0.980. The van der Waals surface area contributed by atoms with E-state index >= 15 is 0 Å². The number of likely N-dealkylation sites (N-methyl/N-ethyl adjacent to an activating group) is 1. The third-order valence-electron chi connectivity index (χ3n) is 3.95. The molecule has 1 fully saturated rings. The molecule has 4 heteroatoms. The van der Waals surface area contributed by atoms with E-state index in [2.05, 4.69) is 24.9 Å². The van der Waals surface area contributed by atoms with Crippen molar-refractivity contribution in [3.63, 3.8) is 0 Å². The Labute approximate surface area is 134 Å². The van der Waals surface area contributed by atoms with Crippen LogP contribution in [0.5, 0.6) is 5.75 Å². The molecule has 1 heterocycles. The predicted octanol–water partition coefficient (Wildman–Crippen LogP) is 3.24. The van der Waals surface area contributed by atoms with Crippen molar-refractivity contribution in [3.05, 3.63) is 29.8 Å². The van der Waals surface area contributed by atoms with Gasteiger partial charge in [0.1, 0.15) is 12.4 Å². The fourth-order valence-corrected chi connectivity index (χ4v) is 2.53. The van der Waals surface area contributed by atoms with Crippen molar-refractivity contribution < 1.29 is 14.2 Å². The van der Waals surface area contributed by atoms with Gasteiger partial charge in [-0.25, -0.2) is 0 Å². The molecule has 0 amide bonds. The molecule has 0 aromatic heterocycles. The lowest BCUT2D eigenvalue weighted by molar-refractivity contribution is -0.163. The molecule has 22 heavy (non-hydrogen) atoms. The van der Waals surface area contributed by atoms with Crippen LogP contribution in [0.1, 0.15) is 31.2 Å². The van der Waals surface area contributed by atoms with Crippen LogP contribution in [0, 0.1) is 6.92 Å². The molecule has 0 N–H and O–H groups in total. The third-order valence-corrected chi connectivity index (χ3v) is 3.95. The van der Waals surface area contributed by atoms with E-state index in [1.165, 1.54) is 18.4 Å². The number of para-hydroxylation sites is 1. The molecule has 0 spiro atoms. The smallest absolute Gasteiger partial charge is 0.157 e. The van der Waals surface area contributed by atoms with Crippen LogP contribution in [0.15, 0.2) is 24.3 Å². The molecule has 1 aliphatic heterocycles. The summed E-state index contributed by atoms with van der Waals surface area (Å²) < 4.78 is 17.1. The highest BCUT2D eigenvalue weighted by Crippen LogP contribution is 2.16. The lowest BCUT2D eigenvalue weighted by Gasteiger charge is -2.23. The van der Waals surface area contributed by atoms with Crippen LogP contribution in [0.3, 0.4) is 0 Å². The van der Waals surface area contributed by atoms with Crippen LogP contribution in [0.25, 0.3) is 0 Å². The van der Waals surface area contributed by atoms with Gasteiger partial charge in [0.25, 0.3) is 0 Å². The largest absolute Gasteiger partial charge is 0.492 e. The van der Waals surface area contributed by atoms with E-state index in [1.807, 2.05) is 18.2 Å². The molecule has 4 nitrogen and oxygen atoms in total. The molecular formula is C18H29NO3. The molecule has 0 saturated carbocycles. The maximum Gasteiger partial charge on any atom is 0.157 e. The molecule has 0 aliphatic carbocycles. The van der Waals surface area contributed by atoms with E-state index in [-0.39, 0.29) is 6.29 Å². The quantitative estimate of drug-likeness (QED) is 0.655. The highest BCUT2D eigenvalue weighted by atomic mass is 16.7. The molecule has 1 aromatic rings. The van der Waals surface area contributed by atoms with Crippen LogP contribution in [0.2, 0.25) is 0 Å². The Hall–Kier alpha value is -1.10. The Morgan fingerprint density at radius 2 is 2.05 bits per heavy atom. The zero-order valence-electron chi connectivity index (χ0n) is 13.9. The van der Waals surface area contributed by atoms with Crippen molar-refractivity contribution in [2.24, 2.45) is 0 Å². The topological polar surface area (TPSA) is 30.9 Å². The summed E-state index contributed by atoms with van der Waals surface area (Å²) in [6.07, 6.45) is 4.49. The van der Waals surface area contributed by atoms with Crippen molar-refractivity contribution in [3.8, 4) is 5.75 Å². The zero-order chi connectivity index (χ0) is 15.6. The summed E-state index contributed by atoms with van der Waals surface area (Å²) in [5.41, 5.74) is 1.19. The minimum absolute atomic E-state index is 0.0310. The molecule has 124 valence electrons. The van der Waals surface area contributed by atoms with Gasteiger partial charge >= 0.3 is 0 Å². The normalized spacial score (nSPS) is 18.6. The second kappa shape index (κ2) is 9.82. The SMILES string of the molecule is Cc1ccccc1OCCN(C)CCCO[C@@H]1CCCCO1. The summed E-state index contributed by atoms with van der Waals surface area (Å²) in [5, 5.41) is 0. The van der Waals surface area contributed by atoms with Crippen LogP contribution in [-0.4, -0.2) is 51.1 Å². The third kappa shape index (κ3) is 6.34. The minimum atomic E-state index is 0.0310. The molecule has 1 aliphatic rings. The summed E-state index contributed by atoms with van der Waals surface area (Å²) in [6, 6.07) is 8.14. The fourth-order valence-electron chi connectivity index (χ4n) is 2.53. The van der Waals surface area contributed by atoms with E-state index in [0.717, 1.165) is 44.9 Å². The number of rotatable bonds is 9. The van der Waals surface area contributed by atoms with Gasteiger partial charge in [0.05, 0.1) is 6.61 Å². The van der Waals surface area contributed by atoms with E-state index in [4.69, 9.17) is 14.2 Å². The lowest BCUT2D eigenvalue weighted by atomic mass is 10.2. The van der Waals surface area contributed by atoms with Gasteiger partial charge in [-0.05, 0) is 51.3 Å². The standard InChI is InChI=1S/C18H29NO3/c1-16-8-3-4-9-17(16)20-15-12-19(2)11-7-14-22-18-10-5-6-13-21-18/h3-4,8-9,18H,5-7,10-15H2,1-2H3/t18-/m1/s1. The first-order valence-electron chi connectivity index (χ1n) is 8.36. The van der Waals surface area contributed by atoms with Crippen LogP contribution < -0.4 is 4.74 Å². The second-order valence-corrected chi connectivity index (χ2v) is 5.94. The summed E-state index contributed by atoms with van der Waals surface area (Å²) in [6.45, 7) is 6.35. The molecule has 1 atom stereocenters. The maximum atomic E-state index is 5.82. The summed E-state index contributed by atoms with van der Waals surface area (Å²) in [7, 11) is 2.12. The van der Waals surface area contributed by atoms with Gasteiger partial charge in [-0.15, -0.1) is 0 Å². The van der Waals surface area contributed by atoms with Gasteiger partial charge in [0.2, 0.25) is 0 Å². The fraction of sp³-hybridized carbons (Fsp3) is 0.667. The van der Waals surface area contributed by atoms with Gasteiger partial charge in [0, 0.05) is 19.7 Å². The number of aryl methyl sites for hydroxylation is 1. The van der Waals surface area contributed by atoms with E-state index < -0.39 is 0 Å². The van der Waals surface area contributed by atoms with Gasteiger partial charge in [-0.3, -0.25) is 0 Å². The van der Waals surface area contributed by atoms with Gasteiger partial charge in [0.15, 0.2) is 6.29 Å². The number of nitrogens with zero attached hydrogens (tertiary/aromatic N) is 1. The first-order valence-corrected chi connectivity index (χ1v) is 8.36. The number of hydrogen-bond donors (Lipinski definition) is 0. The van der Waals surface area contributed by atoms with Gasteiger partial charge in [-0.2, -0.15) is 0 Å². The van der Waals surface area contributed by atoms with Gasteiger partial charge in [-0.1, -0.05) is 18.2 Å².